The lowest BCUT2D eigenvalue weighted by Crippen LogP contribution is -2.13. The molecule has 0 unspecified atom stereocenters. The van der Waals surface area contributed by atoms with Crippen LogP contribution in [0.5, 0.6) is 0 Å². The summed E-state index contributed by atoms with van der Waals surface area (Å²) in [7, 11) is -3.70. The molecule has 5 N–H and O–H groups in total. The zero-order valence-corrected chi connectivity index (χ0v) is 10.7. The molecule has 0 saturated carbocycles. The van der Waals surface area contributed by atoms with E-state index in [4.69, 9.17) is 10.9 Å². The minimum Gasteiger partial charge on any atom is -0.397 e. The van der Waals surface area contributed by atoms with Crippen LogP contribution >= 0.6 is 0 Å². The topological polar surface area (TPSA) is 98.2 Å². The quantitative estimate of drug-likeness (QED) is 0.557. The number of hydrogen-bond donors (Lipinski definition) is 3. The van der Waals surface area contributed by atoms with E-state index in [2.05, 4.69) is 5.32 Å². The molecule has 0 radical (unpaired) electrons. The van der Waals surface area contributed by atoms with Gasteiger partial charge in [-0.15, -0.1) is 0 Å². The lowest BCUT2D eigenvalue weighted by atomic mass is 10.2. The Morgan fingerprint density at radius 2 is 2.06 bits per heavy atom. The monoisotopic (exact) mass is 255 g/mol. The Kier molecular flexibility index (Phi) is 4.14. The van der Waals surface area contributed by atoms with Crippen LogP contribution in [0.2, 0.25) is 0 Å². The van der Waals surface area contributed by atoms with Gasteiger partial charge >= 0.3 is 0 Å². The third-order valence-corrected chi connectivity index (χ3v) is 3.07. The van der Waals surface area contributed by atoms with Gasteiger partial charge < -0.3 is 11.1 Å². The zero-order chi connectivity index (χ0) is 13.1. The van der Waals surface area contributed by atoms with E-state index < -0.39 is 10.0 Å². The number of nitrogens with one attached hydrogen (secondary N) is 1. The molecule has 17 heavy (non-hydrogen) atoms. The van der Waals surface area contributed by atoms with Crippen LogP contribution in [0.3, 0.4) is 0 Å². The number of primary sulfonamides is 1. The molecule has 0 heterocycles. The van der Waals surface area contributed by atoms with Crippen molar-refractivity contribution in [1.82, 2.24) is 0 Å². The van der Waals surface area contributed by atoms with Crippen LogP contribution in [-0.2, 0) is 10.0 Å². The van der Waals surface area contributed by atoms with Crippen LogP contribution in [0, 0.1) is 0 Å². The molecule has 0 bridgehead atoms. The van der Waals surface area contributed by atoms with Gasteiger partial charge in [0.15, 0.2) is 0 Å². The predicted molar refractivity (Wildman–Crippen MR) is 70.1 cm³/mol. The number of hydrogen-bond acceptors (Lipinski definition) is 4. The Bertz CT molecular complexity index is 532. The van der Waals surface area contributed by atoms with Crippen molar-refractivity contribution in [3.8, 4) is 0 Å². The summed E-state index contributed by atoms with van der Waals surface area (Å²) in [5.41, 5.74) is 7.97. The molecule has 0 amide bonds. The molecule has 94 valence electrons. The molecule has 6 heteroatoms. The largest absolute Gasteiger partial charge is 0.397 e. The van der Waals surface area contributed by atoms with Gasteiger partial charge in [-0.05, 0) is 32.0 Å². The standard InChI is InChI=1S/C11H17N3O2S/c1-8(2)5-6-14-11-4-3-9(7-10(11)12)17(13,15)16/h3-5,7,14H,6,12H2,1-2H3,(H2,13,15,16). The van der Waals surface area contributed by atoms with E-state index in [1.165, 1.54) is 17.7 Å². The van der Waals surface area contributed by atoms with E-state index >= 15 is 0 Å². The van der Waals surface area contributed by atoms with Crippen molar-refractivity contribution in [1.29, 1.82) is 0 Å². The van der Waals surface area contributed by atoms with Crippen molar-refractivity contribution < 1.29 is 8.42 Å². The Labute approximate surface area is 102 Å². The lowest BCUT2D eigenvalue weighted by Gasteiger charge is -2.08. The number of nitrogen functional groups attached to an aromatic ring is 1. The van der Waals surface area contributed by atoms with Crippen LogP contribution in [0.4, 0.5) is 11.4 Å². The Morgan fingerprint density at radius 3 is 2.53 bits per heavy atom. The van der Waals surface area contributed by atoms with Gasteiger partial charge in [0, 0.05) is 6.54 Å². The zero-order valence-electron chi connectivity index (χ0n) is 9.90. The number of benzene rings is 1. The first-order valence-electron chi connectivity index (χ1n) is 5.10. The third-order valence-electron chi connectivity index (χ3n) is 2.15. The van der Waals surface area contributed by atoms with Gasteiger partial charge in [-0.3, -0.25) is 0 Å². The first-order valence-corrected chi connectivity index (χ1v) is 6.65. The van der Waals surface area contributed by atoms with Crippen molar-refractivity contribution in [2.75, 3.05) is 17.6 Å². The number of rotatable bonds is 4. The van der Waals surface area contributed by atoms with Crippen molar-refractivity contribution in [2.45, 2.75) is 18.7 Å². The maximum absolute atomic E-state index is 11.1. The van der Waals surface area contributed by atoms with E-state index in [9.17, 15) is 8.42 Å². The molecule has 0 aromatic heterocycles. The molecule has 1 aromatic carbocycles. The first-order chi connectivity index (χ1) is 7.80. The molecule has 0 aliphatic carbocycles. The summed E-state index contributed by atoms with van der Waals surface area (Å²) in [5, 5.41) is 8.09. The van der Waals surface area contributed by atoms with Crippen LogP contribution in [0.15, 0.2) is 34.7 Å². The number of sulfonamides is 1. The predicted octanol–water partition coefficient (Wildman–Crippen LogP) is 1.29. The molecule has 0 fully saturated rings. The minimum absolute atomic E-state index is 0.0164. The molecule has 1 aromatic rings. The smallest absolute Gasteiger partial charge is 0.238 e. The average Bonchev–Trinajstić information content (AvgIpc) is 2.18. The summed E-state index contributed by atoms with van der Waals surface area (Å²) in [6.07, 6.45) is 2.01. The highest BCUT2D eigenvalue weighted by Gasteiger charge is 2.09. The highest BCUT2D eigenvalue weighted by atomic mass is 32.2. The van der Waals surface area contributed by atoms with Gasteiger partial charge in [-0.25, -0.2) is 13.6 Å². The molecule has 0 aliphatic heterocycles. The van der Waals surface area contributed by atoms with E-state index in [0.717, 1.165) is 0 Å². The minimum atomic E-state index is -3.70. The molecule has 0 saturated heterocycles. The fourth-order valence-corrected chi connectivity index (χ4v) is 1.79. The lowest BCUT2D eigenvalue weighted by molar-refractivity contribution is 0.598. The van der Waals surface area contributed by atoms with E-state index in [0.29, 0.717) is 17.9 Å². The number of nitrogens with two attached hydrogens (primary N) is 2. The molecule has 1 rings (SSSR count). The second-order valence-electron chi connectivity index (χ2n) is 3.96. The summed E-state index contributed by atoms with van der Waals surface area (Å²) < 4.78 is 22.2. The fraction of sp³-hybridized carbons (Fsp3) is 0.273. The van der Waals surface area contributed by atoms with Gasteiger partial charge in [0.1, 0.15) is 0 Å². The summed E-state index contributed by atoms with van der Waals surface area (Å²) in [6.45, 7) is 4.63. The number of anilines is 2. The normalized spacial score (nSPS) is 11.0. The van der Waals surface area contributed by atoms with Gasteiger partial charge in [0.05, 0.1) is 16.3 Å². The Balaban J connectivity index is 2.88. The van der Waals surface area contributed by atoms with Crippen LogP contribution in [-0.4, -0.2) is 15.0 Å². The molecule has 0 spiro atoms. The Morgan fingerprint density at radius 1 is 1.41 bits per heavy atom. The second kappa shape index (κ2) is 5.20. The molecule has 0 atom stereocenters. The molecule has 5 nitrogen and oxygen atoms in total. The summed E-state index contributed by atoms with van der Waals surface area (Å²) >= 11 is 0. The Hall–Kier alpha value is -1.53. The maximum atomic E-state index is 11.1. The van der Waals surface area contributed by atoms with Crippen molar-refractivity contribution in [3.05, 3.63) is 29.8 Å². The van der Waals surface area contributed by atoms with Crippen LogP contribution < -0.4 is 16.2 Å². The number of allylic oxidation sites excluding steroid dienone is 1. The first kappa shape index (κ1) is 13.5. The van der Waals surface area contributed by atoms with E-state index in [1.807, 2.05) is 19.9 Å². The summed E-state index contributed by atoms with van der Waals surface area (Å²) in [6, 6.07) is 4.38. The van der Waals surface area contributed by atoms with Crippen molar-refractivity contribution >= 4 is 21.4 Å². The summed E-state index contributed by atoms with van der Waals surface area (Å²) in [5.74, 6) is 0. The van der Waals surface area contributed by atoms with Crippen LogP contribution in [0.1, 0.15) is 13.8 Å². The SMILES string of the molecule is CC(C)=CCNc1ccc(S(N)(=O)=O)cc1N. The van der Waals surface area contributed by atoms with Crippen molar-refractivity contribution in [2.24, 2.45) is 5.14 Å². The van der Waals surface area contributed by atoms with Gasteiger partial charge in [-0.1, -0.05) is 11.6 Å². The van der Waals surface area contributed by atoms with E-state index in [-0.39, 0.29) is 4.90 Å². The molecular weight excluding hydrogens is 238 g/mol. The molecular formula is C11H17N3O2S. The summed E-state index contributed by atoms with van der Waals surface area (Å²) in [4.78, 5) is 0.0164. The van der Waals surface area contributed by atoms with Crippen molar-refractivity contribution in [3.63, 3.8) is 0 Å². The second-order valence-corrected chi connectivity index (χ2v) is 5.52. The highest BCUT2D eigenvalue weighted by Crippen LogP contribution is 2.21. The van der Waals surface area contributed by atoms with Gasteiger partial charge in [-0.2, -0.15) is 0 Å². The van der Waals surface area contributed by atoms with Crippen LogP contribution in [0.25, 0.3) is 0 Å². The fourth-order valence-electron chi connectivity index (χ4n) is 1.24. The maximum Gasteiger partial charge on any atom is 0.238 e. The van der Waals surface area contributed by atoms with E-state index in [1.54, 1.807) is 6.07 Å². The van der Waals surface area contributed by atoms with Gasteiger partial charge in [0.2, 0.25) is 10.0 Å². The third kappa shape index (κ3) is 4.08. The molecule has 0 aliphatic rings. The average molecular weight is 255 g/mol. The highest BCUT2D eigenvalue weighted by molar-refractivity contribution is 7.89. The van der Waals surface area contributed by atoms with Gasteiger partial charge in [0.25, 0.3) is 0 Å².